The minimum atomic E-state index is -0.419. The Morgan fingerprint density at radius 1 is 1.42 bits per heavy atom. The lowest BCUT2D eigenvalue weighted by atomic mass is 10.1. The summed E-state index contributed by atoms with van der Waals surface area (Å²) >= 11 is 0. The van der Waals surface area contributed by atoms with Crippen LogP contribution in [0.15, 0.2) is 30.5 Å². The number of hydrogen-bond acceptors (Lipinski definition) is 4. The van der Waals surface area contributed by atoms with Gasteiger partial charge in [0.05, 0.1) is 4.92 Å². The number of nitro groups is 1. The monoisotopic (exact) mass is 255 g/mol. The van der Waals surface area contributed by atoms with Crippen molar-refractivity contribution < 1.29 is 4.92 Å². The van der Waals surface area contributed by atoms with Gasteiger partial charge in [-0.1, -0.05) is 0 Å². The predicted molar refractivity (Wildman–Crippen MR) is 75.0 cm³/mol. The van der Waals surface area contributed by atoms with Gasteiger partial charge in [0.2, 0.25) is 0 Å². The van der Waals surface area contributed by atoms with E-state index in [1.165, 1.54) is 6.07 Å². The molecular weight excluding hydrogens is 242 g/mol. The van der Waals surface area contributed by atoms with E-state index in [0.717, 1.165) is 24.0 Å². The molecule has 0 aliphatic rings. The lowest BCUT2D eigenvalue weighted by Gasteiger charge is -2.08. The fourth-order valence-corrected chi connectivity index (χ4v) is 1.87. The summed E-state index contributed by atoms with van der Waals surface area (Å²) in [6.45, 7) is 0.728. The van der Waals surface area contributed by atoms with Crippen molar-refractivity contribution in [3.8, 4) is 12.3 Å². The Balaban J connectivity index is 2.33. The molecule has 0 amide bonds. The van der Waals surface area contributed by atoms with Crippen molar-refractivity contribution in [1.29, 1.82) is 0 Å². The van der Waals surface area contributed by atoms with Crippen LogP contribution in [0.4, 0.5) is 11.4 Å². The van der Waals surface area contributed by atoms with E-state index >= 15 is 0 Å². The smallest absolute Gasteiger partial charge is 0.295 e. The fourth-order valence-electron chi connectivity index (χ4n) is 1.87. The maximum atomic E-state index is 10.9. The second-order valence-electron chi connectivity index (χ2n) is 4.02. The average Bonchev–Trinajstić information content (AvgIpc) is 2.43. The molecule has 5 heteroatoms. The number of benzene rings is 1. The summed E-state index contributed by atoms with van der Waals surface area (Å²) in [5, 5.41) is 14.9. The molecular formula is C14H13N3O2. The molecule has 19 heavy (non-hydrogen) atoms. The molecule has 96 valence electrons. The van der Waals surface area contributed by atoms with E-state index in [-0.39, 0.29) is 5.69 Å². The van der Waals surface area contributed by atoms with Gasteiger partial charge >= 0.3 is 0 Å². The van der Waals surface area contributed by atoms with Crippen molar-refractivity contribution >= 4 is 22.3 Å². The molecule has 0 aliphatic carbocycles. The maximum absolute atomic E-state index is 10.9. The largest absolute Gasteiger partial charge is 0.384 e. The lowest BCUT2D eigenvalue weighted by Crippen LogP contribution is -2.02. The highest BCUT2D eigenvalue weighted by atomic mass is 16.6. The van der Waals surface area contributed by atoms with Crippen LogP contribution in [0.5, 0.6) is 0 Å². The van der Waals surface area contributed by atoms with Gasteiger partial charge in [0.15, 0.2) is 0 Å². The molecule has 0 fully saturated rings. The molecule has 1 aromatic carbocycles. The molecule has 1 N–H and O–H groups in total. The number of nitrogens with zero attached hydrogens (tertiary/aromatic N) is 2. The molecule has 0 atom stereocenters. The normalized spacial score (nSPS) is 10.1. The van der Waals surface area contributed by atoms with Crippen LogP contribution in [0.2, 0.25) is 0 Å². The Hall–Kier alpha value is -2.61. The number of pyridine rings is 1. The molecule has 1 aromatic heterocycles. The standard InChI is InChI=1S/C14H13N3O2/c1-2-3-4-9-15-12-7-8-13(17(18)19)14-11(12)6-5-10-16-14/h1,5-8,10,15H,3-4,9H2. The lowest BCUT2D eigenvalue weighted by molar-refractivity contribution is -0.383. The van der Waals surface area contributed by atoms with Crippen LogP contribution in [0, 0.1) is 22.5 Å². The second kappa shape index (κ2) is 5.83. The van der Waals surface area contributed by atoms with Gasteiger partial charge in [0.25, 0.3) is 5.69 Å². The van der Waals surface area contributed by atoms with Gasteiger partial charge in [0, 0.05) is 36.3 Å². The average molecular weight is 255 g/mol. The number of unbranched alkanes of at least 4 members (excludes halogenated alkanes) is 1. The fraction of sp³-hybridized carbons (Fsp3) is 0.214. The molecule has 0 saturated heterocycles. The molecule has 1 heterocycles. The van der Waals surface area contributed by atoms with Crippen LogP contribution in [0.1, 0.15) is 12.8 Å². The minimum Gasteiger partial charge on any atom is -0.384 e. The summed E-state index contributed by atoms with van der Waals surface area (Å²) in [7, 11) is 0. The molecule has 0 bridgehead atoms. The predicted octanol–water partition coefficient (Wildman–Crippen LogP) is 2.97. The zero-order valence-electron chi connectivity index (χ0n) is 10.3. The van der Waals surface area contributed by atoms with Gasteiger partial charge < -0.3 is 5.32 Å². The molecule has 0 spiro atoms. The van der Waals surface area contributed by atoms with Gasteiger partial charge in [-0.05, 0) is 24.6 Å². The second-order valence-corrected chi connectivity index (χ2v) is 4.02. The number of anilines is 1. The first-order valence-electron chi connectivity index (χ1n) is 5.93. The molecule has 2 rings (SSSR count). The first-order chi connectivity index (χ1) is 9.24. The third-order valence-electron chi connectivity index (χ3n) is 2.76. The topological polar surface area (TPSA) is 68.1 Å². The van der Waals surface area contributed by atoms with Crippen molar-refractivity contribution in [2.24, 2.45) is 0 Å². The van der Waals surface area contributed by atoms with E-state index in [2.05, 4.69) is 16.2 Å². The Kier molecular flexibility index (Phi) is 3.94. The Morgan fingerprint density at radius 3 is 3.00 bits per heavy atom. The van der Waals surface area contributed by atoms with Crippen LogP contribution < -0.4 is 5.32 Å². The van der Waals surface area contributed by atoms with Gasteiger partial charge in [-0.25, -0.2) is 4.98 Å². The number of aromatic nitrogens is 1. The van der Waals surface area contributed by atoms with E-state index in [9.17, 15) is 10.1 Å². The summed E-state index contributed by atoms with van der Waals surface area (Å²) in [6.07, 6.45) is 8.30. The van der Waals surface area contributed by atoms with Crippen molar-refractivity contribution in [2.75, 3.05) is 11.9 Å². The molecule has 0 radical (unpaired) electrons. The molecule has 2 aromatic rings. The van der Waals surface area contributed by atoms with E-state index in [0.29, 0.717) is 11.9 Å². The van der Waals surface area contributed by atoms with Gasteiger partial charge in [-0.3, -0.25) is 10.1 Å². The van der Waals surface area contributed by atoms with E-state index < -0.39 is 4.92 Å². The van der Waals surface area contributed by atoms with E-state index in [4.69, 9.17) is 6.42 Å². The number of rotatable bonds is 5. The number of terminal acetylenes is 1. The Morgan fingerprint density at radius 2 is 2.26 bits per heavy atom. The van der Waals surface area contributed by atoms with Crippen LogP contribution in [-0.4, -0.2) is 16.5 Å². The first kappa shape index (κ1) is 12.8. The Bertz CT molecular complexity index is 647. The number of nitrogens with one attached hydrogen (secondary N) is 1. The highest BCUT2D eigenvalue weighted by Gasteiger charge is 2.14. The van der Waals surface area contributed by atoms with E-state index in [1.807, 2.05) is 6.07 Å². The zero-order valence-corrected chi connectivity index (χ0v) is 10.3. The van der Waals surface area contributed by atoms with Crippen molar-refractivity contribution in [3.05, 3.63) is 40.6 Å². The van der Waals surface area contributed by atoms with Gasteiger partial charge in [0.1, 0.15) is 5.52 Å². The van der Waals surface area contributed by atoms with Gasteiger partial charge in [-0.15, -0.1) is 12.3 Å². The van der Waals surface area contributed by atoms with Gasteiger partial charge in [-0.2, -0.15) is 0 Å². The van der Waals surface area contributed by atoms with Crippen molar-refractivity contribution in [1.82, 2.24) is 4.98 Å². The summed E-state index contributed by atoms with van der Waals surface area (Å²) in [5.41, 5.74) is 1.25. The highest BCUT2D eigenvalue weighted by molar-refractivity contribution is 5.96. The van der Waals surface area contributed by atoms with Crippen LogP contribution in [0.25, 0.3) is 10.9 Å². The first-order valence-corrected chi connectivity index (χ1v) is 5.93. The van der Waals surface area contributed by atoms with Crippen LogP contribution in [0.3, 0.4) is 0 Å². The number of fused-ring (bicyclic) bond motifs is 1. The number of non-ortho nitro benzene ring substituents is 1. The molecule has 0 saturated carbocycles. The summed E-state index contributed by atoms with van der Waals surface area (Å²) < 4.78 is 0. The SMILES string of the molecule is C#CCCCNc1ccc([N+](=O)[O-])c2ncccc12. The molecule has 0 unspecified atom stereocenters. The summed E-state index contributed by atoms with van der Waals surface area (Å²) in [5.74, 6) is 2.57. The minimum absolute atomic E-state index is 0.0183. The quantitative estimate of drug-likeness (QED) is 0.386. The maximum Gasteiger partial charge on any atom is 0.295 e. The molecule has 5 nitrogen and oxygen atoms in total. The zero-order chi connectivity index (χ0) is 13.7. The summed E-state index contributed by atoms with van der Waals surface area (Å²) in [6, 6.07) is 6.76. The van der Waals surface area contributed by atoms with Crippen LogP contribution in [-0.2, 0) is 0 Å². The Labute approximate surface area is 110 Å². The summed E-state index contributed by atoms with van der Waals surface area (Å²) in [4.78, 5) is 14.6. The third kappa shape index (κ3) is 2.80. The third-order valence-corrected chi connectivity index (χ3v) is 2.76. The number of nitro benzene ring substituents is 1. The number of hydrogen-bond donors (Lipinski definition) is 1. The molecule has 0 aliphatic heterocycles. The highest BCUT2D eigenvalue weighted by Crippen LogP contribution is 2.29. The van der Waals surface area contributed by atoms with Crippen LogP contribution >= 0.6 is 0 Å². The van der Waals surface area contributed by atoms with Crippen molar-refractivity contribution in [2.45, 2.75) is 12.8 Å². The van der Waals surface area contributed by atoms with Crippen molar-refractivity contribution in [3.63, 3.8) is 0 Å². The van der Waals surface area contributed by atoms with E-state index in [1.54, 1.807) is 18.3 Å².